The van der Waals surface area contributed by atoms with Gasteiger partial charge in [0, 0.05) is 12.0 Å². The molecule has 0 saturated heterocycles. The summed E-state index contributed by atoms with van der Waals surface area (Å²) in [5.41, 5.74) is 0.917. The summed E-state index contributed by atoms with van der Waals surface area (Å²) in [7, 11) is 0. The van der Waals surface area contributed by atoms with Gasteiger partial charge in [0.2, 0.25) is 0 Å². The molecule has 1 aromatic carbocycles. The molecule has 0 spiro atoms. The molecule has 5 nitrogen and oxygen atoms in total. The van der Waals surface area contributed by atoms with E-state index >= 15 is 0 Å². The van der Waals surface area contributed by atoms with E-state index in [2.05, 4.69) is 6.58 Å². The third-order valence-corrected chi connectivity index (χ3v) is 2.66. The first-order valence-corrected chi connectivity index (χ1v) is 5.92. The maximum Gasteiger partial charge on any atom is 0.338 e. The summed E-state index contributed by atoms with van der Waals surface area (Å²) < 4.78 is 4.82. The molecule has 1 aromatic rings. The van der Waals surface area contributed by atoms with Crippen LogP contribution in [0.5, 0.6) is 11.5 Å². The molecular weight excluding hydrogens is 248 g/mol. The lowest BCUT2D eigenvalue weighted by atomic mass is 10.00. The number of esters is 1. The fourth-order valence-electron chi connectivity index (χ4n) is 1.55. The summed E-state index contributed by atoms with van der Waals surface area (Å²) in [6.45, 7) is 7.14. The van der Waals surface area contributed by atoms with E-state index in [1.165, 1.54) is 6.07 Å². The number of rotatable bonds is 5. The third kappa shape index (κ3) is 3.72. The van der Waals surface area contributed by atoms with Crippen molar-refractivity contribution in [3.63, 3.8) is 0 Å². The highest BCUT2D eigenvalue weighted by atomic mass is 16.5. The Hall–Kier alpha value is -2.01. The zero-order valence-corrected chi connectivity index (χ0v) is 11.0. The number of carbonyl (C=O) groups is 1. The SMILES string of the molecule is C=C(C)C(O)Cc1cc(C(=O)OCC)cc(O)c1O. The first-order valence-electron chi connectivity index (χ1n) is 5.92. The number of hydrogen-bond donors (Lipinski definition) is 3. The minimum absolute atomic E-state index is 0.0575. The molecule has 0 aliphatic rings. The van der Waals surface area contributed by atoms with Gasteiger partial charge in [-0.25, -0.2) is 4.79 Å². The fourth-order valence-corrected chi connectivity index (χ4v) is 1.55. The lowest BCUT2D eigenvalue weighted by molar-refractivity contribution is 0.0525. The van der Waals surface area contributed by atoms with E-state index < -0.39 is 17.8 Å². The van der Waals surface area contributed by atoms with Crippen LogP contribution in [0.3, 0.4) is 0 Å². The molecule has 0 aromatic heterocycles. The van der Waals surface area contributed by atoms with Crippen LogP contribution in [0, 0.1) is 0 Å². The zero-order valence-electron chi connectivity index (χ0n) is 11.0. The summed E-state index contributed by atoms with van der Waals surface area (Å²) in [5.74, 6) is -1.37. The Labute approximate surface area is 111 Å². The number of benzene rings is 1. The highest BCUT2D eigenvalue weighted by molar-refractivity contribution is 5.90. The van der Waals surface area contributed by atoms with Gasteiger partial charge in [0.15, 0.2) is 11.5 Å². The van der Waals surface area contributed by atoms with Crippen LogP contribution in [-0.4, -0.2) is 34.0 Å². The van der Waals surface area contributed by atoms with Crippen LogP contribution in [0.2, 0.25) is 0 Å². The van der Waals surface area contributed by atoms with Crippen LogP contribution in [0.15, 0.2) is 24.3 Å². The smallest absolute Gasteiger partial charge is 0.338 e. The quantitative estimate of drug-likeness (QED) is 0.429. The Bertz CT molecular complexity index is 493. The zero-order chi connectivity index (χ0) is 14.6. The number of carbonyl (C=O) groups excluding carboxylic acids is 1. The Kier molecular flexibility index (Phi) is 4.94. The molecule has 0 radical (unpaired) electrons. The van der Waals surface area contributed by atoms with Crippen molar-refractivity contribution in [2.75, 3.05) is 6.61 Å². The Balaban J connectivity index is 3.10. The van der Waals surface area contributed by atoms with Gasteiger partial charge in [0.25, 0.3) is 0 Å². The topological polar surface area (TPSA) is 87.0 Å². The standard InChI is InChI=1S/C14H18O5/c1-4-19-14(18)10-5-9(6-11(15)8(2)3)13(17)12(16)7-10/h5,7,11,15-17H,2,4,6H2,1,3H3. The minimum Gasteiger partial charge on any atom is -0.504 e. The number of aliphatic hydroxyl groups is 1. The molecule has 0 heterocycles. The van der Waals surface area contributed by atoms with Crippen LogP contribution in [0.4, 0.5) is 0 Å². The highest BCUT2D eigenvalue weighted by Crippen LogP contribution is 2.32. The van der Waals surface area contributed by atoms with Crippen molar-refractivity contribution < 1.29 is 24.9 Å². The van der Waals surface area contributed by atoms with Crippen LogP contribution in [0.1, 0.15) is 29.8 Å². The lowest BCUT2D eigenvalue weighted by Gasteiger charge is -2.13. The van der Waals surface area contributed by atoms with Gasteiger partial charge in [-0.3, -0.25) is 0 Å². The predicted octanol–water partition coefficient (Wildman–Crippen LogP) is 1.75. The number of aliphatic hydroxyl groups excluding tert-OH is 1. The van der Waals surface area contributed by atoms with Gasteiger partial charge in [0.05, 0.1) is 18.3 Å². The van der Waals surface area contributed by atoms with E-state index in [1.807, 2.05) is 0 Å². The number of phenolic OH excluding ortho intramolecular Hbond substituents is 2. The van der Waals surface area contributed by atoms with Crippen LogP contribution in [-0.2, 0) is 11.2 Å². The molecule has 0 aliphatic carbocycles. The Morgan fingerprint density at radius 2 is 2.05 bits per heavy atom. The van der Waals surface area contributed by atoms with Crippen molar-refractivity contribution >= 4 is 5.97 Å². The molecule has 0 fully saturated rings. The van der Waals surface area contributed by atoms with Crippen LogP contribution >= 0.6 is 0 Å². The van der Waals surface area contributed by atoms with E-state index in [9.17, 15) is 20.1 Å². The first kappa shape index (κ1) is 15.0. The molecule has 104 valence electrons. The molecule has 3 N–H and O–H groups in total. The number of hydrogen-bond acceptors (Lipinski definition) is 5. The molecule has 19 heavy (non-hydrogen) atoms. The van der Waals surface area contributed by atoms with Crippen molar-refractivity contribution in [2.24, 2.45) is 0 Å². The van der Waals surface area contributed by atoms with Crippen LogP contribution < -0.4 is 0 Å². The van der Waals surface area contributed by atoms with Crippen molar-refractivity contribution in [3.8, 4) is 11.5 Å². The molecule has 1 rings (SSSR count). The monoisotopic (exact) mass is 266 g/mol. The fraction of sp³-hybridized carbons (Fsp3) is 0.357. The molecule has 1 unspecified atom stereocenters. The number of aromatic hydroxyl groups is 2. The van der Waals surface area contributed by atoms with Crippen molar-refractivity contribution in [1.82, 2.24) is 0 Å². The summed E-state index contributed by atoms with van der Waals surface area (Å²) in [6, 6.07) is 2.52. The van der Waals surface area contributed by atoms with E-state index in [-0.39, 0.29) is 29.9 Å². The normalized spacial score (nSPS) is 11.9. The first-order chi connectivity index (χ1) is 8.86. The van der Waals surface area contributed by atoms with Crippen molar-refractivity contribution in [2.45, 2.75) is 26.4 Å². The molecular formula is C14H18O5. The molecule has 0 saturated carbocycles. The maximum absolute atomic E-state index is 11.6. The van der Waals surface area contributed by atoms with E-state index in [0.717, 1.165) is 6.07 Å². The largest absolute Gasteiger partial charge is 0.504 e. The number of ether oxygens (including phenoxy) is 1. The van der Waals surface area contributed by atoms with Gasteiger partial charge in [-0.2, -0.15) is 0 Å². The third-order valence-electron chi connectivity index (χ3n) is 2.66. The van der Waals surface area contributed by atoms with Crippen LogP contribution in [0.25, 0.3) is 0 Å². The summed E-state index contributed by atoms with van der Waals surface area (Å²) in [5, 5.41) is 29.0. The summed E-state index contributed by atoms with van der Waals surface area (Å²) in [4.78, 5) is 11.6. The lowest BCUT2D eigenvalue weighted by Crippen LogP contribution is -2.12. The molecule has 0 amide bonds. The second-order valence-corrected chi connectivity index (χ2v) is 4.29. The van der Waals surface area contributed by atoms with Gasteiger partial charge in [-0.1, -0.05) is 12.2 Å². The minimum atomic E-state index is -0.859. The second kappa shape index (κ2) is 6.24. The van der Waals surface area contributed by atoms with Gasteiger partial charge < -0.3 is 20.1 Å². The van der Waals surface area contributed by atoms with Gasteiger partial charge in [-0.15, -0.1) is 0 Å². The van der Waals surface area contributed by atoms with Gasteiger partial charge in [0.1, 0.15) is 0 Å². The Morgan fingerprint density at radius 1 is 1.42 bits per heavy atom. The highest BCUT2D eigenvalue weighted by Gasteiger charge is 2.17. The summed E-state index contributed by atoms with van der Waals surface area (Å²) >= 11 is 0. The van der Waals surface area contributed by atoms with Gasteiger partial charge in [-0.05, 0) is 26.0 Å². The average Bonchev–Trinajstić information content (AvgIpc) is 2.34. The predicted molar refractivity (Wildman–Crippen MR) is 70.3 cm³/mol. The number of phenols is 2. The molecule has 0 aliphatic heterocycles. The molecule has 1 atom stereocenters. The maximum atomic E-state index is 11.6. The van der Waals surface area contributed by atoms with Crippen molar-refractivity contribution in [1.29, 1.82) is 0 Å². The van der Waals surface area contributed by atoms with E-state index in [0.29, 0.717) is 5.57 Å². The van der Waals surface area contributed by atoms with E-state index in [1.54, 1.807) is 13.8 Å². The summed E-state index contributed by atoms with van der Waals surface area (Å²) in [6.07, 6.45) is -0.801. The second-order valence-electron chi connectivity index (χ2n) is 4.29. The average molecular weight is 266 g/mol. The van der Waals surface area contributed by atoms with E-state index in [4.69, 9.17) is 4.74 Å². The van der Waals surface area contributed by atoms with Crippen molar-refractivity contribution in [3.05, 3.63) is 35.4 Å². The Morgan fingerprint density at radius 3 is 2.58 bits per heavy atom. The molecule has 5 heteroatoms. The molecule has 0 bridgehead atoms. The van der Waals surface area contributed by atoms with Gasteiger partial charge >= 0.3 is 5.97 Å².